The number of para-hydroxylation sites is 1. The highest BCUT2D eigenvalue weighted by molar-refractivity contribution is 7.91. The van der Waals surface area contributed by atoms with Gasteiger partial charge in [0.05, 0.1) is 16.3 Å². The minimum Gasteiger partial charge on any atom is -0.481 e. The van der Waals surface area contributed by atoms with Crippen LogP contribution in [0.2, 0.25) is 0 Å². The standard InChI is InChI=1S/C13H19NO4S/c1-3-19(17,18)12-7-5-4-6-11(12)14-9-10(2)8-13(15)16/h4-7,10,14H,3,8-9H2,1-2H3,(H,15,16). The number of rotatable bonds is 7. The maximum atomic E-state index is 11.9. The molecule has 0 bridgehead atoms. The molecule has 106 valence electrons. The zero-order valence-corrected chi connectivity index (χ0v) is 11.9. The summed E-state index contributed by atoms with van der Waals surface area (Å²) in [6.45, 7) is 3.82. The molecule has 0 heterocycles. The van der Waals surface area contributed by atoms with Crippen molar-refractivity contribution in [3.8, 4) is 0 Å². The Morgan fingerprint density at radius 2 is 2.00 bits per heavy atom. The van der Waals surface area contributed by atoms with Crippen molar-refractivity contribution in [3.05, 3.63) is 24.3 Å². The van der Waals surface area contributed by atoms with Crippen molar-refractivity contribution < 1.29 is 18.3 Å². The first-order valence-electron chi connectivity index (χ1n) is 6.14. The van der Waals surface area contributed by atoms with E-state index in [4.69, 9.17) is 5.11 Å². The van der Waals surface area contributed by atoms with Crippen molar-refractivity contribution in [2.24, 2.45) is 5.92 Å². The first-order valence-corrected chi connectivity index (χ1v) is 7.79. The van der Waals surface area contributed by atoms with Crippen LogP contribution >= 0.6 is 0 Å². The van der Waals surface area contributed by atoms with Crippen LogP contribution in [0.1, 0.15) is 20.3 Å². The van der Waals surface area contributed by atoms with Crippen molar-refractivity contribution in [1.29, 1.82) is 0 Å². The smallest absolute Gasteiger partial charge is 0.303 e. The molecule has 1 aromatic rings. The topological polar surface area (TPSA) is 83.5 Å². The van der Waals surface area contributed by atoms with E-state index < -0.39 is 15.8 Å². The van der Waals surface area contributed by atoms with Crippen molar-refractivity contribution in [2.45, 2.75) is 25.2 Å². The molecule has 0 spiro atoms. The van der Waals surface area contributed by atoms with E-state index in [-0.39, 0.29) is 23.0 Å². The van der Waals surface area contributed by atoms with E-state index in [9.17, 15) is 13.2 Å². The molecule has 1 rings (SSSR count). The predicted octanol–water partition coefficient (Wildman–Crippen LogP) is 2.00. The van der Waals surface area contributed by atoms with Gasteiger partial charge in [0.1, 0.15) is 0 Å². The first kappa shape index (κ1) is 15.5. The summed E-state index contributed by atoms with van der Waals surface area (Å²) in [7, 11) is -3.28. The Labute approximate surface area is 113 Å². The normalized spacial score (nSPS) is 12.9. The van der Waals surface area contributed by atoms with Gasteiger partial charge in [-0.3, -0.25) is 4.79 Å². The fraction of sp³-hybridized carbons (Fsp3) is 0.462. The van der Waals surface area contributed by atoms with Crippen LogP contribution in [-0.4, -0.2) is 31.8 Å². The Morgan fingerprint density at radius 1 is 1.37 bits per heavy atom. The Morgan fingerprint density at radius 3 is 2.58 bits per heavy atom. The second-order valence-electron chi connectivity index (χ2n) is 4.48. The largest absolute Gasteiger partial charge is 0.481 e. The zero-order chi connectivity index (χ0) is 14.5. The van der Waals surface area contributed by atoms with Crippen LogP contribution in [0, 0.1) is 5.92 Å². The zero-order valence-electron chi connectivity index (χ0n) is 11.1. The molecule has 1 atom stereocenters. The summed E-state index contributed by atoms with van der Waals surface area (Å²) >= 11 is 0. The lowest BCUT2D eigenvalue weighted by molar-refractivity contribution is -0.137. The van der Waals surface area contributed by atoms with Crippen LogP contribution < -0.4 is 5.32 Å². The molecule has 0 radical (unpaired) electrons. The molecule has 5 nitrogen and oxygen atoms in total. The number of sulfone groups is 1. The molecule has 19 heavy (non-hydrogen) atoms. The van der Waals surface area contributed by atoms with Crippen LogP contribution in [-0.2, 0) is 14.6 Å². The maximum Gasteiger partial charge on any atom is 0.303 e. The SMILES string of the molecule is CCS(=O)(=O)c1ccccc1NCC(C)CC(=O)O. The Hall–Kier alpha value is -1.56. The number of carboxylic acids is 1. The molecule has 0 aliphatic rings. The van der Waals surface area contributed by atoms with Crippen LogP contribution in [0.25, 0.3) is 0 Å². The van der Waals surface area contributed by atoms with Crippen molar-refractivity contribution in [2.75, 3.05) is 17.6 Å². The highest BCUT2D eigenvalue weighted by Crippen LogP contribution is 2.22. The predicted molar refractivity (Wildman–Crippen MR) is 74.1 cm³/mol. The molecule has 6 heteroatoms. The monoisotopic (exact) mass is 285 g/mol. The molecule has 0 saturated carbocycles. The van der Waals surface area contributed by atoms with E-state index in [1.54, 1.807) is 38.1 Å². The molecular formula is C13H19NO4S. The lowest BCUT2D eigenvalue weighted by atomic mass is 10.1. The number of hydrogen-bond donors (Lipinski definition) is 2. The minimum atomic E-state index is -3.28. The third-order valence-corrected chi connectivity index (χ3v) is 4.55. The Balaban J connectivity index is 2.82. The van der Waals surface area contributed by atoms with Gasteiger partial charge in [-0.25, -0.2) is 8.42 Å². The fourth-order valence-electron chi connectivity index (χ4n) is 1.69. The third-order valence-electron chi connectivity index (χ3n) is 2.77. The van der Waals surface area contributed by atoms with Gasteiger partial charge in [0.25, 0.3) is 0 Å². The van der Waals surface area contributed by atoms with Crippen LogP contribution in [0.4, 0.5) is 5.69 Å². The number of nitrogens with one attached hydrogen (secondary N) is 1. The second-order valence-corrected chi connectivity index (χ2v) is 6.73. The van der Waals surface area contributed by atoms with Gasteiger partial charge in [0.15, 0.2) is 9.84 Å². The van der Waals surface area contributed by atoms with Gasteiger partial charge in [0, 0.05) is 13.0 Å². The Bertz CT molecular complexity index is 539. The lowest BCUT2D eigenvalue weighted by Crippen LogP contribution is -2.17. The van der Waals surface area contributed by atoms with Gasteiger partial charge in [-0.15, -0.1) is 0 Å². The number of hydrogen-bond acceptors (Lipinski definition) is 4. The van der Waals surface area contributed by atoms with Gasteiger partial charge in [-0.1, -0.05) is 26.0 Å². The number of benzene rings is 1. The van der Waals surface area contributed by atoms with E-state index in [2.05, 4.69) is 5.32 Å². The number of aliphatic carboxylic acids is 1. The fourth-order valence-corrected chi connectivity index (χ4v) is 2.77. The van der Waals surface area contributed by atoms with E-state index in [1.807, 2.05) is 0 Å². The average molecular weight is 285 g/mol. The number of carboxylic acid groups (broad SMARTS) is 1. The summed E-state index contributed by atoms with van der Waals surface area (Å²) in [6, 6.07) is 6.67. The summed E-state index contributed by atoms with van der Waals surface area (Å²) in [4.78, 5) is 10.8. The number of carbonyl (C=O) groups is 1. The highest BCUT2D eigenvalue weighted by Gasteiger charge is 2.16. The third kappa shape index (κ3) is 4.55. The number of anilines is 1. The van der Waals surface area contributed by atoms with Crippen LogP contribution in [0.15, 0.2) is 29.2 Å². The molecule has 0 saturated heterocycles. The van der Waals surface area contributed by atoms with Crippen molar-refractivity contribution >= 4 is 21.5 Å². The molecule has 1 unspecified atom stereocenters. The van der Waals surface area contributed by atoms with E-state index in [1.165, 1.54) is 0 Å². The molecule has 0 aliphatic heterocycles. The van der Waals surface area contributed by atoms with Crippen molar-refractivity contribution in [3.63, 3.8) is 0 Å². The summed E-state index contributed by atoms with van der Waals surface area (Å²) in [5.41, 5.74) is 0.529. The molecule has 0 aromatic heterocycles. The molecule has 2 N–H and O–H groups in total. The van der Waals surface area contributed by atoms with E-state index >= 15 is 0 Å². The highest BCUT2D eigenvalue weighted by atomic mass is 32.2. The summed E-state index contributed by atoms with van der Waals surface area (Å²) < 4.78 is 23.8. The molecular weight excluding hydrogens is 266 g/mol. The molecule has 0 amide bonds. The van der Waals surface area contributed by atoms with Gasteiger partial charge >= 0.3 is 5.97 Å². The lowest BCUT2D eigenvalue weighted by Gasteiger charge is -2.14. The molecule has 0 fully saturated rings. The molecule has 1 aromatic carbocycles. The Kier molecular flexibility index (Phi) is 5.35. The van der Waals surface area contributed by atoms with Gasteiger partial charge in [-0.05, 0) is 18.1 Å². The molecule has 0 aliphatic carbocycles. The maximum absolute atomic E-state index is 11.9. The van der Waals surface area contributed by atoms with Crippen molar-refractivity contribution in [1.82, 2.24) is 0 Å². The van der Waals surface area contributed by atoms with Crippen LogP contribution in [0.5, 0.6) is 0 Å². The van der Waals surface area contributed by atoms with Gasteiger partial charge in [0.2, 0.25) is 0 Å². The van der Waals surface area contributed by atoms with E-state index in [0.717, 1.165) is 0 Å². The quantitative estimate of drug-likeness (QED) is 0.800. The summed E-state index contributed by atoms with van der Waals surface area (Å²) in [6.07, 6.45) is 0.0513. The summed E-state index contributed by atoms with van der Waals surface area (Å²) in [5, 5.41) is 11.7. The second kappa shape index (κ2) is 6.56. The minimum absolute atomic E-state index is 0.0381. The average Bonchev–Trinajstić information content (AvgIpc) is 2.36. The van der Waals surface area contributed by atoms with Gasteiger partial charge < -0.3 is 10.4 Å². The van der Waals surface area contributed by atoms with Crippen LogP contribution in [0.3, 0.4) is 0 Å². The first-order chi connectivity index (χ1) is 8.86. The van der Waals surface area contributed by atoms with E-state index in [0.29, 0.717) is 12.2 Å². The summed E-state index contributed by atoms with van der Waals surface area (Å²) in [5.74, 6) is -0.894. The van der Waals surface area contributed by atoms with Gasteiger partial charge in [-0.2, -0.15) is 0 Å².